The van der Waals surface area contributed by atoms with E-state index in [0.29, 0.717) is 29.1 Å². The molecule has 1 N–H and O–H groups in total. The van der Waals surface area contributed by atoms with Crippen LogP contribution in [0.4, 0.5) is 0 Å². The predicted octanol–water partition coefficient (Wildman–Crippen LogP) is 3.30. The minimum absolute atomic E-state index is 0.104. The average molecular weight is 293 g/mol. The maximum atomic E-state index is 12.1. The predicted molar refractivity (Wildman–Crippen MR) is 83.8 cm³/mol. The van der Waals surface area contributed by atoms with Gasteiger partial charge in [-0.25, -0.2) is 9.97 Å². The van der Waals surface area contributed by atoms with E-state index in [0.717, 1.165) is 5.56 Å². The van der Waals surface area contributed by atoms with Crippen LogP contribution in [-0.4, -0.2) is 20.7 Å². The highest BCUT2D eigenvalue weighted by atomic mass is 16.5. The molecular formula is C17H15N3O2. The number of aromatic nitrogens is 3. The molecule has 0 aliphatic rings. The number of carbonyl (C=O) groups is 1. The van der Waals surface area contributed by atoms with Crippen LogP contribution >= 0.6 is 0 Å². The molecule has 3 aromatic rings. The number of fused-ring (bicyclic) bond motifs is 1. The van der Waals surface area contributed by atoms with Crippen molar-refractivity contribution in [2.75, 3.05) is 0 Å². The number of carbonyl (C=O) groups excluding carboxylic acids is 1. The van der Waals surface area contributed by atoms with Crippen LogP contribution in [0.5, 0.6) is 5.88 Å². The van der Waals surface area contributed by atoms with Crippen LogP contribution in [0, 0.1) is 0 Å². The summed E-state index contributed by atoms with van der Waals surface area (Å²) >= 11 is 0. The van der Waals surface area contributed by atoms with Crippen LogP contribution in [0.2, 0.25) is 0 Å². The Balaban J connectivity index is 1.95. The van der Waals surface area contributed by atoms with Crippen LogP contribution in [0.25, 0.3) is 11.0 Å². The fourth-order valence-corrected chi connectivity index (χ4v) is 2.21. The summed E-state index contributed by atoms with van der Waals surface area (Å²) in [6, 6.07) is 9.80. The third-order valence-corrected chi connectivity index (χ3v) is 3.24. The molecule has 2 aromatic heterocycles. The standard InChI is InChI=1S/C17H15N3O2/c1-2-6-14(21)13-9-18-16-15(13)17(20-11-19-16)22-10-12-7-4-3-5-8-12/h2-9,11H,10H2,1H3,(H,18,19,20)/b6-2+. The summed E-state index contributed by atoms with van der Waals surface area (Å²) in [5.41, 5.74) is 2.13. The van der Waals surface area contributed by atoms with Gasteiger partial charge in [0, 0.05) is 6.20 Å². The van der Waals surface area contributed by atoms with Gasteiger partial charge in [-0.15, -0.1) is 0 Å². The molecule has 2 heterocycles. The lowest BCUT2D eigenvalue weighted by molar-refractivity contribution is 0.104. The van der Waals surface area contributed by atoms with E-state index in [-0.39, 0.29) is 5.78 Å². The Morgan fingerprint density at radius 2 is 2.09 bits per heavy atom. The number of hydrogen-bond donors (Lipinski definition) is 1. The van der Waals surface area contributed by atoms with Crippen molar-refractivity contribution in [1.82, 2.24) is 15.0 Å². The molecule has 3 rings (SSSR count). The molecule has 0 unspecified atom stereocenters. The number of allylic oxidation sites excluding steroid dienone is 2. The number of nitrogens with zero attached hydrogens (tertiary/aromatic N) is 2. The van der Waals surface area contributed by atoms with Crippen molar-refractivity contribution in [2.45, 2.75) is 13.5 Å². The molecule has 0 aliphatic carbocycles. The molecule has 0 saturated heterocycles. The van der Waals surface area contributed by atoms with E-state index < -0.39 is 0 Å². The van der Waals surface area contributed by atoms with Gasteiger partial charge in [-0.05, 0) is 18.6 Å². The van der Waals surface area contributed by atoms with Gasteiger partial charge < -0.3 is 9.72 Å². The van der Waals surface area contributed by atoms with Gasteiger partial charge in [-0.2, -0.15) is 0 Å². The fraction of sp³-hybridized carbons (Fsp3) is 0.118. The van der Waals surface area contributed by atoms with Gasteiger partial charge in [-0.3, -0.25) is 4.79 Å². The summed E-state index contributed by atoms with van der Waals surface area (Å²) in [7, 11) is 0. The molecule has 0 atom stereocenters. The van der Waals surface area contributed by atoms with E-state index >= 15 is 0 Å². The van der Waals surface area contributed by atoms with Crippen LogP contribution in [0.1, 0.15) is 22.8 Å². The first kappa shape index (κ1) is 14.0. The Morgan fingerprint density at radius 1 is 1.27 bits per heavy atom. The molecule has 0 fully saturated rings. The van der Waals surface area contributed by atoms with Crippen molar-refractivity contribution in [1.29, 1.82) is 0 Å². The summed E-state index contributed by atoms with van der Waals surface area (Å²) in [5, 5.41) is 0.613. The Hall–Kier alpha value is -2.95. The molecule has 22 heavy (non-hydrogen) atoms. The zero-order valence-corrected chi connectivity index (χ0v) is 12.1. The van der Waals surface area contributed by atoms with Crippen molar-refractivity contribution in [3.8, 4) is 5.88 Å². The highest BCUT2D eigenvalue weighted by Crippen LogP contribution is 2.26. The minimum Gasteiger partial charge on any atom is -0.472 e. The summed E-state index contributed by atoms with van der Waals surface area (Å²) in [6.45, 7) is 2.19. The van der Waals surface area contributed by atoms with Crippen molar-refractivity contribution in [2.24, 2.45) is 0 Å². The van der Waals surface area contributed by atoms with Crippen molar-refractivity contribution in [3.05, 3.63) is 66.1 Å². The maximum Gasteiger partial charge on any atom is 0.227 e. The van der Waals surface area contributed by atoms with Gasteiger partial charge in [0.15, 0.2) is 5.78 Å². The third-order valence-electron chi connectivity index (χ3n) is 3.24. The molecular weight excluding hydrogens is 278 g/mol. The Bertz CT molecular complexity index is 822. The Labute approximate surface area is 127 Å². The van der Waals surface area contributed by atoms with Crippen LogP contribution in [-0.2, 0) is 6.61 Å². The molecule has 0 bridgehead atoms. The van der Waals surface area contributed by atoms with Crippen LogP contribution < -0.4 is 4.74 Å². The van der Waals surface area contributed by atoms with E-state index in [1.165, 1.54) is 12.4 Å². The number of benzene rings is 1. The maximum absolute atomic E-state index is 12.1. The van der Waals surface area contributed by atoms with E-state index in [2.05, 4.69) is 15.0 Å². The van der Waals surface area contributed by atoms with Gasteiger partial charge in [0.1, 0.15) is 18.6 Å². The molecule has 0 spiro atoms. The number of ether oxygens (including phenoxy) is 1. The average Bonchev–Trinajstić information content (AvgIpc) is 2.99. The fourth-order valence-electron chi connectivity index (χ4n) is 2.21. The van der Waals surface area contributed by atoms with Gasteiger partial charge in [0.25, 0.3) is 0 Å². The van der Waals surface area contributed by atoms with Crippen molar-refractivity contribution in [3.63, 3.8) is 0 Å². The first-order chi connectivity index (χ1) is 10.8. The molecule has 5 heteroatoms. The number of rotatable bonds is 5. The number of ketones is 1. The van der Waals surface area contributed by atoms with Gasteiger partial charge >= 0.3 is 0 Å². The van der Waals surface area contributed by atoms with E-state index in [4.69, 9.17) is 4.74 Å². The zero-order valence-electron chi connectivity index (χ0n) is 12.1. The summed E-state index contributed by atoms with van der Waals surface area (Å²) in [4.78, 5) is 23.4. The SMILES string of the molecule is C/C=C/C(=O)c1c[nH]c2ncnc(OCc3ccccc3)c12. The van der Waals surface area contributed by atoms with Gasteiger partial charge in [0.05, 0.1) is 10.9 Å². The van der Waals surface area contributed by atoms with E-state index in [9.17, 15) is 4.79 Å². The minimum atomic E-state index is -0.104. The van der Waals surface area contributed by atoms with Crippen LogP contribution in [0.3, 0.4) is 0 Å². The van der Waals surface area contributed by atoms with E-state index in [1.807, 2.05) is 30.3 Å². The Kier molecular flexibility index (Phi) is 3.96. The van der Waals surface area contributed by atoms with Crippen molar-refractivity contribution < 1.29 is 9.53 Å². The molecule has 0 saturated carbocycles. The molecule has 0 radical (unpaired) electrons. The quantitative estimate of drug-likeness (QED) is 0.579. The largest absolute Gasteiger partial charge is 0.472 e. The van der Waals surface area contributed by atoms with Gasteiger partial charge in [-0.1, -0.05) is 36.4 Å². The first-order valence-electron chi connectivity index (χ1n) is 6.95. The lowest BCUT2D eigenvalue weighted by atomic mass is 10.1. The highest BCUT2D eigenvalue weighted by molar-refractivity contribution is 6.13. The lowest BCUT2D eigenvalue weighted by Crippen LogP contribution is -2.00. The second-order valence-electron chi connectivity index (χ2n) is 4.74. The molecule has 1 aromatic carbocycles. The second kappa shape index (κ2) is 6.22. The van der Waals surface area contributed by atoms with E-state index in [1.54, 1.807) is 19.2 Å². The first-order valence-corrected chi connectivity index (χ1v) is 6.95. The molecule has 0 amide bonds. The smallest absolute Gasteiger partial charge is 0.227 e. The van der Waals surface area contributed by atoms with Gasteiger partial charge in [0.2, 0.25) is 5.88 Å². The monoisotopic (exact) mass is 293 g/mol. The summed E-state index contributed by atoms with van der Waals surface area (Å²) < 4.78 is 5.79. The normalized spacial score (nSPS) is 11.1. The topological polar surface area (TPSA) is 67.9 Å². The molecule has 0 aliphatic heterocycles. The Morgan fingerprint density at radius 3 is 2.86 bits per heavy atom. The molecule has 110 valence electrons. The number of nitrogens with one attached hydrogen (secondary N) is 1. The summed E-state index contributed by atoms with van der Waals surface area (Å²) in [6.07, 6.45) is 6.27. The van der Waals surface area contributed by atoms with Crippen LogP contribution in [0.15, 0.2) is 55.0 Å². The zero-order chi connectivity index (χ0) is 15.4. The molecule has 5 nitrogen and oxygen atoms in total. The number of H-pyrrole nitrogens is 1. The number of aromatic amines is 1. The number of hydrogen-bond acceptors (Lipinski definition) is 4. The highest BCUT2D eigenvalue weighted by Gasteiger charge is 2.16. The van der Waals surface area contributed by atoms with Crippen molar-refractivity contribution >= 4 is 16.8 Å². The summed E-state index contributed by atoms with van der Waals surface area (Å²) in [5.74, 6) is 0.302. The third kappa shape index (κ3) is 2.74. The second-order valence-corrected chi connectivity index (χ2v) is 4.74. The lowest BCUT2D eigenvalue weighted by Gasteiger charge is -2.06.